The fourth-order valence-corrected chi connectivity index (χ4v) is 6.57. The number of aromatic nitrogens is 1. The molecule has 0 unspecified atom stereocenters. The number of non-ortho nitro benzene ring substituents is 1. The molecule has 0 atom stereocenters. The highest BCUT2D eigenvalue weighted by atomic mass is 32.1. The second-order valence-electron chi connectivity index (χ2n) is 10.4. The summed E-state index contributed by atoms with van der Waals surface area (Å²) in [6, 6.07) is 15.0. The molecule has 1 aliphatic heterocycles. The molecule has 7 nitrogen and oxygen atoms in total. The number of Topliss-reactive ketones (excluding diaryl/α,β-unsaturated/α-hetero) is 1. The second kappa shape index (κ2) is 11.5. The van der Waals surface area contributed by atoms with E-state index in [0.29, 0.717) is 18.8 Å². The van der Waals surface area contributed by atoms with Crippen molar-refractivity contribution in [2.24, 2.45) is 11.8 Å². The summed E-state index contributed by atoms with van der Waals surface area (Å²) in [5.74, 6) is 2.57. The summed E-state index contributed by atoms with van der Waals surface area (Å²) in [4.78, 5) is 28.2. The minimum atomic E-state index is -0.405. The summed E-state index contributed by atoms with van der Waals surface area (Å²) in [5, 5.41) is 12.2. The molecule has 2 aliphatic rings. The van der Waals surface area contributed by atoms with Gasteiger partial charge in [-0.3, -0.25) is 19.8 Å². The van der Waals surface area contributed by atoms with Crippen LogP contribution in [0.4, 0.5) is 11.5 Å². The van der Waals surface area contributed by atoms with Crippen LogP contribution < -0.4 is 4.90 Å². The molecule has 0 spiro atoms. The number of carbonyl (C=O) groups is 1. The Bertz CT molecular complexity index is 1200. The van der Waals surface area contributed by atoms with Gasteiger partial charge in [0.2, 0.25) is 0 Å². The summed E-state index contributed by atoms with van der Waals surface area (Å²) >= 11 is 1.59. The van der Waals surface area contributed by atoms with Crippen molar-refractivity contribution in [2.45, 2.75) is 44.9 Å². The highest BCUT2D eigenvalue weighted by Gasteiger charge is 2.25. The van der Waals surface area contributed by atoms with E-state index >= 15 is 0 Å². The van der Waals surface area contributed by atoms with Gasteiger partial charge >= 0.3 is 0 Å². The molecule has 1 saturated carbocycles. The Balaban J connectivity index is 1.00. The summed E-state index contributed by atoms with van der Waals surface area (Å²) in [7, 11) is 0. The molecule has 0 bridgehead atoms. The van der Waals surface area contributed by atoms with Crippen LogP contribution in [0.15, 0.2) is 48.5 Å². The minimum absolute atomic E-state index is 0.0545. The van der Waals surface area contributed by atoms with E-state index in [1.807, 2.05) is 0 Å². The first-order valence-electron chi connectivity index (χ1n) is 13.1. The fraction of sp³-hybridized carbons (Fsp3) is 0.500. The third-order valence-corrected chi connectivity index (χ3v) is 8.71. The Morgan fingerprint density at radius 1 is 1.00 bits per heavy atom. The molecule has 3 aromatic rings. The van der Waals surface area contributed by atoms with E-state index in [1.54, 1.807) is 23.7 Å². The van der Waals surface area contributed by atoms with E-state index in [2.05, 4.69) is 34.1 Å². The van der Waals surface area contributed by atoms with E-state index in [1.165, 1.54) is 41.5 Å². The molecular formula is C28H34N4O3S. The Morgan fingerprint density at radius 2 is 1.75 bits per heavy atom. The Morgan fingerprint density at radius 3 is 2.53 bits per heavy atom. The molecule has 2 fully saturated rings. The van der Waals surface area contributed by atoms with Gasteiger partial charge in [0.25, 0.3) is 5.69 Å². The summed E-state index contributed by atoms with van der Waals surface area (Å²) in [6.07, 6.45) is 6.80. The highest BCUT2D eigenvalue weighted by molar-refractivity contribution is 7.13. The molecule has 5 rings (SSSR count). The maximum Gasteiger partial charge on any atom is 0.269 e. The first-order chi connectivity index (χ1) is 17.5. The molecule has 1 aliphatic carbocycles. The smallest absolute Gasteiger partial charge is 0.269 e. The topological polar surface area (TPSA) is 79.6 Å². The van der Waals surface area contributed by atoms with Crippen LogP contribution in [-0.4, -0.2) is 52.7 Å². The predicted octanol–water partition coefficient (Wildman–Crippen LogP) is 5.72. The van der Waals surface area contributed by atoms with Crippen LogP contribution in [0.1, 0.15) is 44.1 Å². The quantitative estimate of drug-likeness (QED) is 0.273. The lowest BCUT2D eigenvalue weighted by molar-refractivity contribution is -0.384. The number of rotatable bonds is 9. The molecule has 0 N–H and O–H groups in total. The van der Waals surface area contributed by atoms with Crippen molar-refractivity contribution in [3.63, 3.8) is 0 Å². The van der Waals surface area contributed by atoms with Gasteiger partial charge in [-0.05, 0) is 66.9 Å². The van der Waals surface area contributed by atoms with Gasteiger partial charge in [0, 0.05) is 56.5 Å². The van der Waals surface area contributed by atoms with Crippen LogP contribution in [0.5, 0.6) is 0 Å². The monoisotopic (exact) mass is 506 g/mol. The van der Waals surface area contributed by atoms with Gasteiger partial charge in [-0.25, -0.2) is 0 Å². The first kappa shape index (κ1) is 24.8. The number of fused-ring (bicyclic) bond motifs is 1. The number of piperazine rings is 1. The average molecular weight is 507 g/mol. The van der Waals surface area contributed by atoms with Gasteiger partial charge in [-0.1, -0.05) is 37.1 Å². The largest absolute Gasteiger partial charge is 0.353 e. The Kier molecular flexibility index (Phi) is 7.92. The zero-order valence-electron chi connectivity index (χ0n) is 20.7. The summed E-state index contributed by atoms with van der Waals surface area (Å²) in [5.41, 5.74) is 0.796. The molecule has 190 valence electrons. The first-order valence-corrected chi connectivity index (χ1v) is 13.9. The van der Waals surface area contributed by atoms with Gasteiger partial charge < -0.3 is 4.90 Å². The maximum atomic E-state index is 12.6. The lowest BCUT2D eigenvalue weighted by Gasteiger charge is -2.36. The SMILES string of the molecule is O=C(Cc1cccc([N+](=O)[O-])c1)CC1CCC(CCN2CCN(c3nsc4ccccc34)CC2)CC1. The third-order valence-electron chi connectivity index (χ3n) is 7.89. The maximum absolute atomic E-state index is 12.6. The zero-order chi connectivity index (χ0) is 24.9. The van der Waals surface area contributed by atoms with Crippen LogP contribution in [-0.2, 0) is 11.2 Å². The van der Waals surface area contributed by atoms with E-state index in [-0.39, 0.29) is 11.5 Å². The normalized spacial score (nSPS) is 21.1. The molecule has 8 heteroatoms. The summed E-state index contributed by atoms with van der Waals surface area (Å²) < 4.78 is 5.98. The standard InChI is InChI=1S/C28H34N4O3S/c33-25(20-23-4-3-5-24(18-23)32(34)35)19-22-10-8-21(9-11-22)12-13-30-14-16-31(17-15-30)28-26-6-1-2-7-27(26)36-29-28/h1-7,18,21-22H,8-17,19-20H2. The van der Waals surface area contributed by atoms with E-state index in [9.17, 15) is 14.9 Å². The lowest BCUT2D eigenvalue weighted by atomic mass is 9.78. The van der Waals surface area contributed by atoms with Gasteiger partial charge in [0.05, 0.1) is 9.62 Å². The van der Waals surface area contributed by atoms with Crippen molar-refractivity contribution < 1.29 is 9.72 Å². The Hall–Kier alpha value is -2.84. The molecular weight excluding hydrogens is 472 g/mol. The number of benzene rings is 2. The van der Waals surface area contributed by atoms with Crippen LogP contribution in [0, 0.1) is 22.0 Å². The number of nitro groups is 1. The predicted molar refractivity (Wildman–Crippen MR) is 145 cm³/mol. The highest BCUT2D eigenvalue weighted by Crippen LogP contribution is 2.34. The van der Waals surface area contributed by atoms with Crippen LogP contribution in [0.2, 0.25) is 0 Å². The van der Waals surface area contributed by atoms with Crippen molar-refractivity contribution in [1.82, 2.24) is 9.27 Å². The minimum Gasteiger partial charge on any atom is -0.353 e. The molecule has 0 radical (unpaired) electrons. The van der Waals surface area contributed by atoms with E-state index in [4.69, 9.17) is 4.37 Å². The van der Waals surface area contributed by atoms with Crippen molar-refractivity contribution in [1.29, 1.82) is 0 Å². The number of carbonyl (C=O) groups excluding carboxylic acids is 1. The number of nitrogens with zero attached hydrogens (tertiary/aromatic N) is 4. The summed E-state index contributed by atoms with van der Waals surface area (Å²) in [6.45, 7) is 5.41. The van der Waals surface area contributed by atoms with Crippen LogP contribution >= 0.6 is 11.5 Å². The van der Waals surface area contributed by atoms with Crippen molar-refractivity contribution in [3.8, 4) is 0 Å². The number of anilines is 1. The van der Waals surface area contributed by atoms with Gasteiger partial charge in [-0.15, -0.1) is 0 Å². The van der Waals surface area contributed by atoms with E-state index < -0.39 is 4.92 Å². The van der Waals surface area contributed by atoms with Crippen LogP contribution in [0.25, 0.3) is 10.1 Å². The number of nitro benzene ring substituents is 1. The second-order valence-corrected chi connectivity index (χ2v) is 11.2. The van der Waals surface area contributed by atoms with Gasteiger partial charge in [0.1, 0.15) is 11.6 Å². The zero-order valence-corrected chi connectivity index (χ0v) is 21.5. The van der Waals surface area contributed by atoms with Gasteiger partial charge in [-0.2, -0.15) is 4.37 Å². The van der Waals surface area contributed by atoms with Gasteiger partial charge in [0.15, 0.2) is 0 Å². The van der Waals surface area contributed by atoms with Crippen molar-refractivity contribution in [3.05, 3.63) is 64.2 Å². The molecule has 1 aromatic heterocycles. The molecule has 2 heterocycles. The molecule has 1 saturated heterocycles. The van der Waals surface area contributed by atoms with Crippen molar-refractivity contribution in [2.75, 3.05) is 37.6 Å². The number of ketones is 1. The Labute approximate surface area is 216 Å². The number of hydrogen-bond donors (Lipinski definition) is 0. The lowest BCUT2D eigenvalue weighted by Crippen LogP contribution is -2.47. The number of hydrogen-bond acceptors (Lipinski definition) is 7. The van der Waals surface area contributed by atoms with Crippen molar-refractivity contribution >= 4 is 38.9 Å². The molecule has 2 aromatic carbocycles. The fourth-order valence-electron chi connectivity index (χ4n) is 5.78. The third kappa shape index (κ3) is 6.10. The van der Waals surface area contributed by atoms with Crippen LogP contribution in [0.3, 0.4) is 0 Å². The molecule has 0 amide bonds. The molecule has 36 heavy (non-hydrogen) atoms. The van der Waals surface area contributed by atoms with E-state index in [0.717, 1.165) is 62.9 Å². The average Bonchev–Trinajstić information content (AvgIpc) is 3.33.